The number of rotatable bonds is 11. The standard InChI is InChI=1S/C17H25NO3/c1-2-3-4-5-6-9-17(19)16-12-10-15(11-13-16)8-7-14-18(20)21/h10-13H,2-9,14H2,1H3. The molecule has 0 aliphatic carbocycles. The lowest BCUT2D eigenvalue weighted by Gasteiger charge is -2.03. The first-order valence-corrected chi connectivity index (χ1v) is 7.87. The number of unbranched alkanes of at least 4 members (excludes halogenated alkanes) is 4. The number of benzene rings is 1. The molecule has 116 valence electrons. The van der Waals surface area contributed by atoms with Crippen LogP contribution in [0, 0.1) is 10.1 Å². The summed E-state index contributed by atoms with van der Waals surface area (Å²) in [5.41, 5.74) is 1.81. The molecule has 21 heavy (non-hydrogen) atoms. The van der Waals surface area contributed by atoms with E-state index in [0.29, 0.717) is 19.3 Å². The van der Waals surface area contributed by atoms with Crippen LogP contribution in [-0.2, 0) is 6.42 Å². The minimum absolute atomic E-state index is 0.00155. The fourth-order valence-electron chi connectivity index (χ4n) is 2.30. The highest BCUT2D eigenvalue weighted by molar-refractivity contribution is 5.96. The molecule has 0 saturated heterocycles. The van der Waals surface area contributed by atoms with Gasteiger partial charge in [0.25, 0.3) is 0 Å². The third-order valence-electron chi connectivity index (χ3n) is 3.59. The second kappa shape index (κ2) is 10.1. The number of nitrogens with zero attached hydrogens (tertiary/aromatic N) is 1. The molecule has 0 saturated carbocycles. The summed E-state index contributed by atoms with van der Waals surface area (Å²) < 4.78 is 0. The van der Waals surface area contributed by atoms with Crippen molar-refractivity contribution in [2.75, 3.05) is 6.54 Å². The first-order chi connectivity index (χ1) is 10.1. The van der Waals surface area contributed by atoms with Crippen molar-refractivity contribution < 1.29 is 9.72 Å². The smallest absolute Gasteiger partial charge is 0.204 e. The topological polar surface area (TPSA) is 60.2 Å². The van der Waals surface area contributed by atoms with Gasteiger partial charge in [-0.2, -0.15) is 0 Å². The van der Waals surface area contributed by atoms with Crippen molar-refractivity contribution in [2.45, 2.75) is 58.3 Å². The summed E-state index contributed by atoms with van der Waals surface area (Å²) in [6.07, 6.45) is 7.59. The summed E-state index contributed by atoms with van der Waals surface area (Å²) in [6.45, 7) is 2.18. The van der Waals surface area contributed by atoms with E-state index in [1.165, 1.54) is 19.3 Å². The third-order valence-corrected chi connectivity index (χ3v) is 3.59. The van der Waals surface area contributed by atoms with Crippen LogP contribution in [0.5, 0.6) is 0 Å². The van der Waals surface area contributed by atoms with Crippen molar-refractivity contribution in [2.24, 2.45) is 0 Å². The summed E-state index contributed by atoms with van der Waals surface area (Å²) in [5, 5.41) is 10.3. The molecule has 0 fully saturated rings. The Hall–Kier alpha value is -1.71. The summed E-state index contributed by atoms with van der Waals surface area (Å²) in [6, 6.07) is 7.50. The van der Waals surface area contributed by atoms with Gasteiger partial charge >= 0.3 is 0 Å². The average Bonchev–Trinajstić information content (AvgIpc) is 2.47. The normalized spacial score (nSPS) is 10.5. The second-order valence-corrected chi connectivity index (χ2v) is 5.44. The largest absolute Gasteiger partial charge is 0.294 e. The fourth-order valence-corrected chi connectivity index (χ4v) is 2.30. The van der Waals surface area contributed by atoms with E-state index in [1.54, 1.807) is 0 Å². The number of carbonyl (C=O) groups is 1. The second-order valence-electron chi connectivity index (χ2n) is 5.44. The zero-order chi connectivity index (χ0) is 15.5. The highest BCUT2D eigenvalue weighted by atomic mass is 16.6. The van der Waals surface area contributed by atoms with Crippen LogP contribution < -0.4 is 0 Å². The molecule has 0 N–H and O–H groups in total. The van der Waals surface area contributed by atoms with E-state index in [9.17, 15) is 14.9 Å². The Labute approximate surface area is 126 Å². The molecule has 0 unspecified atom stereocenters. The van der Waals surface area contributed by atoms with Crippen LogP contribution in [0.1, 0.15) is 67.8 Å². The van der Waals surface area contributed by atoms with Gasteiger partial charge in [0.1, 0.15) is 0 Å². The third kappa shape index (κ3) is 7.59. The van der Waals surface area contributed by atoms with Gasteiger partial charge in [0.2, 0.25) is 6.54 Å². The van der Waals surface area contributed by atoms with Crippen molar-refractivity contribution in [1.82, 2.24) is 0 Å². The predicted octanol–water partition coefficient (Wildman–Crippen LogP) is 4.44. The van der Waals surface area contributed by atoms with E-state index in [2.05, 4.69) is 6.92 Å². The Morgan fingerprint density at radius 3 is 2.33 bits per heavy atom. The molecular weight excluding hydrogens is 266 g/mol. The molecule has 1 aromatic rings. The Morgan fingerprint density at radius 1 is 1.05 bits per heavy atom. The van der Waals surface area contributed by atoms with Crippen LogP contribution in [-0.4, -0.2) is 17.3 Å². The van der Waals surface area contributed by atoms with E-state index in [-0.39, 0.29) is 17.3 Å². The van der Waals surface area contributed by atoms with Gasteiger partial charge in [-0.05, 0) is 18.4 Å². The quantitative estimate of drug-likeness (QED) is 0.262. The van der Waals surface area contributed by atoms with Gasteiger partial charge < -0.3 is 0 Å². The van der Waals surface area contributed by atoms with Crippen LogP contribution in [0.2, 0.25) is 0 Å². The first-order valence-electron chi connectivity index (χ1n) is 7.87. The monoisotopic (exact) mass is 291 g/mol. The van der Waals surface area contributed by atoms with Gasteiger partial charge in [0.05, 0.1) is 0 Å². The summed E-state index contributed by atoms with van der Waals surface area (Å²) >= 11 is 0. The van der Waals surface area contributed by atoms with Gasteiger partial charge in [0.15, 0.2) is 5.78 Å². The number of Topliss-reactive ketones (excluding diaryl/α,β-unsaturated/α-hetero) is 1. The Morgan fingerprint density at radius 2 is 1.71 bits per heavy atom. The maximum atomic E-state index is 12.0. The Balaban J connectivity index is 2.32. The lowest BCUT2D eigenvalue weighted by Crippen LogP contribution is -2.02. The molecule has 0 aromatic heterocycles. The zero-order valence-corrected chi connectivity index (χ0v) is 12.8. The molecule has 0 amide bonds. The van der Waals surface area contributed by atoms with Crippen molar-refractivity contribution in [3.63, 3.8) is 0 Å². The average molecular weight is 291 g/mol. The van der Waals surface area contributed by atoms with Crippen LogP contribution in [0.3, 0.4) is 0 Å². The van der Waals surface area contributed by atoms with E-state index in [0.717, 1.165) is 24.0 Å². The van der Waals surface area contributed by atoms with E-state index >= 15 is 0 Å². The molecule has 0 atom stereocenters. The zero-order valence-electron chi connectivity index (χ0n) is 12.8. The van der Waals surface area contributed by atoms with E-state index < -0.39 is 0 Å². The molecular formula is C17H25NO3. The molecule has 1 aromatic carbocycles. The molecule has 0 radical (unpaired) electrons. The Kier molecular flexibility index (Phi) is 8.32. The number of ketones is 1. The van der Waals surface area contributed by atoms with Crippen LogP contribution >= 0.6 is 0 Å². The SMILES string of the molecule is CCCCCCCC(=O)c1ccc(CCC[N+](=O)[O-])cc1. The molecule has 0 bridgehead atoms. The molecule has 4 heteroatoms. The highest BCUT2D eigenvalue weighted by Gasteiger charge is 2.06. The fraction of sp³-hybridized carbons (Fsp3) is 0.588. The van der Waals surface area contributed by atoms with Crippen molar-refractivity contribution in [3.8, 4) is 0 Å². The number of nitro groups is 1. The van der Waals surface area contributed by atoms with Crippen LogP contribution in [0.4, 0.5) is 0 Å². The minimum Gasteiger partial charge on any atom is -0.294 e. The lowest BCUT2D eigenvalue weighted by atomic mass is 10.0. The molecule has 0 spiro atoms. The van der Waals surface area contributed by atoms with Crippen LogP contribution in [0.15, 0.2) is 24.3 Å². The molecule has 1 rings (SSSR count). The first kappa shape index (κ1) is 17.3. The number of hydrogen-bond donors (Lipinski definition) is 0. The minimum atomic E-state index is -0.295. The van der Waals surface area contributed by atoms with E-state index in [1.807, 2.05) is 24.3 Å². The maximum absolute atomic E-state index is 12.0. The summed E-state index contributed by atoms with van der Waals surface area (Å²) in [7, 11) is 0. The van der Waals surface area contributed by atoms with Crippen molar-refractivity contribution >= 4 is 5.78 Å². The molecule has 4 nitrogen and oxygen atoms in total. The molecule has 0 heterocycles. The van der Waals surface area contributed by atoms with Crippen LogP contribution in [0.25, 0.3) is 0 Å². The molecule has 0 aliphatic rings. The number of carbonyl (C=O) groups excluding carboxylic acids is 1. The summed E-state index contributed by atoms with van der Waals surface area (Å²) in [5.74, 6) is 0.198. The van der Waals surface area contributed by atoms with Crippen molar-refractivity contribution in [1.29, 1.82) is 0 Å². The van der Waals surface area contributed by atoms with Gasteiger partial charge in [0, 0.05) is 23.3 Å². The summed E-state index contributed by atoms with van der Waals surface area (Å²) in [4.78, 5) is 22.0. The van der Waals surface area contributed by atoms with E-state index in [4.69, 9.17) is 0 Å². The van der Waals surface area contributed by atoms with Crippen molar-refractivity contribution in [3.05, 3.63) is 45.5 Å². The lowest BCUT2D eigenvalue weighted by molar-refractivity contribution is -0.480. The van der Waals surface area contributed by atoms with Gasteiger partial charge in [-0.15, -0.1) is 0 Å². The van der Waals surface area contributed by atoms with Gasteiger partial charge in [-0.3, -0.25) is 14.9 Å². The van der Waals surface area contributed by atoms with Gasteiger partial charge in [-0.25, -0.2) is 0 Å². The molecule has 0 aliphatic heterocycles. The highest BCUT2D eigenvalue weighted by Crippen LogP contribution is 2.12. The maximum Gasteiger partial charge on any atom is 0.204 e. The Bertz CT molecular complexity index is 440. The number of hydrogen-bond acceptors (Lipinski definition) is 3. The number of aryl methyl sites for hydroxylation is 1. The van der Waals surface area contributed by atoms with Gasteiger partial charge in [-0.1, -0.05) is 56.9 Å². The predicted molar refractivity (Wildman–Crippen MR) is 84.3 cm³/mol.